The lowest BCUT2D eigenvalue weighted by atomic mass is 9.93. The highest BCUT2D eigenvalue weighted by Crippen LogP contribution is 2.23. The summed E-state index contributed by atoms with van der Waals surface area (Å²) in [5.74, 6) is -0.443. The van der Waals surface area contributed by atoms with Crippen molar-refractivity contribution in [2.45, 2.75) is 25.3 Å². The fourth-order valence-electron chi connectivity index (χ4n) is 2.65. The Labute approximate surface area is 114 Å². The number of piperazine rings is 1. The van der Waals surface area contributed by atoms with Crippen LogP contribution in [0.2, 0.25) is 0 Å². The molecule has 0 spiro atoms. The van der Waals surface area contributed by atoms with Crippen molar-refractivity contribution in [3.8, 4) is 0 Å². The molecular weight excluding hydrogens is 240 g/mol. The molecule has 19 heavy (non-hydrogen) atoms. The van der Waals surface area contributed by atoms with Gasteiger partial charge in [0.1, 0.15) is 6.04 Å². The molecule has 0 bridgehead atoms. The molecule has 0 aromatic heterocycles. The third-order valence-electron chi connectivity index (χ3n) is 3.82. The number of hydrogen-bond donors (Lipinski definition) is 2. The summed E-state index contributed by atoms with van der Waals surface area (Å²) in [6.07, 6.45) is 0.666. The Morgan fingerprint density at radius 3 is 2.53 bits per heavy atom. The minimum Gasteiger partial charge on any atom is -0.480 e. The number of aliphatic carboxylic acids is 1. The van der Waals surface area contributed by atoms with E-state index in [4.69, 9.17) is 0 Å². The quantitative estimate of drug-likeness (QED) is 0.845. The molecule has 2 unspecified atom stereocenters. The molecule has 4 heteroatoms. The molecule has 1 heterocycles. The van der Waals surface area contributed by atoms with Gasteiger partial charge in [0.25, 0.3) is 0 Å². The molecule has 2 rings (SSSR count). The fraction of sp³-hybridized carbons (Fsp3) is 0.533. The Hall–Kier alpha value is -1.39. The minimum atomic E-state index is -0.704. The molecule has 104 valence electrons. The Kier molecular flexibility index (Phi) is 4.93. The van der Waals surface area contributed by atoms with Gasteiger partial charge >= 0.3 is 5.97 Å². The first-order chi connectivity index (χ1) is 9.18. The number of nitrogens with zero attached hydrogens (tertiary/aromatic N) is 1. The summed E-state index contributed by atoms with van der Waals surface area (Å²) in [6.45, 7) is 5.50. The molecule has 0 amide bonds. The van der Waals surface area contributed by atoms with E-state index in [9.17, 15) is 9.90 Å². The smallest absolute Gasteiger partial charge is 0.320 e. The Balaban J connectivity index is 2.02. The standard InChI is InChI=1S/C15H22N2O2/c1-12(13-5-3-2-4-6-13)11-14(15(18)19)17-9-7-16-8-10-17/h2-6,12,14,16H,7-11H2,1H3,(H,18,19). The third kappa shape index (κ3) is 3.78. The van der Waals surface area contributed by atoms with E-state index in [1.807, 2.05) is 18.2 Å². The van der Waals surface area contributed by atoms with Crippen molar-refractivity contribution in [1.82, 2.24) is 10.2 Å². The van der Waals surface area contributed by atoms with Crippen LogP contribution in [0.5, 0.6) is 0 Å². The van der Waals surface area contributed by atoms with Crippen molar-refractivity contribution in [3.05, 3.63) is 35.9 Å². The van der Waals surface area contributed by atoms with Gasteiger partial charge in [0.2, 0.25) is 0 Å². The van der Waals surface area contributed by atoms with Crippen molar-refractivity contribution in [1.29, 1.82) is 0 Å². The molecule has 2 atom stereocenters. The third-order valence-corrected chi connectivity index (χ3v) is 3.82. The van der Waals surface area contributed by atoms with Gasteiger partial charge in [-0.05, 0) is 17.9 Å². The fourth-order valence-corrected chi connectivity index (χ4v) is 2.65. The molecule has 0 aliphatic carbocycles. The molecule has 1 aromatic rings. The van der Waals surface area contributed by atoms with E-state index in [2.05, 4.69) is 29.3 Å². The van der Waals surface area contributed by atoms with Gasteiger partial charge in [0.15, 0.2) is 0 Å². The normalized spacial score (nSPS) is 19.8. The van der Waals surface area contributed by atoms with E-state index in [0.29, 0.717) is 6.42 Å². The highest BCUT2D eigenvalue weighted by Gasteiger charge is 2.28. The Bertz CT molecular complexity index is 402. The van der Waals surface area contributed by atoms with E-state index < -0.39 is 5.97 Å². The van der Waals surface area contributed by atoms with Crippen molar-refractivity contribution in [2.24, 2.45) is 0 Å². The minimum absolute atomic E-state index is 0.261. The van der Waals surface area contributed by atoms with Crippen LogP contribution in [-0.4, -0.2) is 48.2 Å². The summed E-state index contributed by atoms with van der Waals surface area (Å²) in [5.41, 5.74) is 1.21. The maximum absolute atomic E-state index is 11.5. The second-order valence-electron chi connectivity index (χ2n) is 5.19. The van der Waals surface area contributed by atoms with Crippen LogP contribution in [0, 0.1) is 0 Å². The molecule has 1 saturated heterocycles. The predicted octanol–water partition coefficient (Wildman–Crippen LogP) is 1.54. The molecule has 1 aromatic carbocycles. The van der Waals surface area contributed by atoms with E-state index in [-0.39, 0.29) is 12.0 Å². The van der Waals surface area contributed by atoms with Crippen LogP contribution in [0.1, 0.15) is 24.8 Å². The lowest BCUT2D eigenvalue weighted by Crippen LogP contribution is -2.51. The second-order valence-corrected chi connectivity index (χ2v) is 5.19. The highest BCUT2D eigenvalue weighted by atomic mass is 16.4. The number of rotatable bonds is 5. The zero-order valence-electron chi connectivity index (χ0n) is 11.4. The summed E-state index contributed by atoms with van der Waals surface area (Å²) < 4.78 is 0. The van der Waals surface area contributed by atoms with Gasteiger partial charge in [-0.3, -0.25) is 9.69 Å². The van der Waals surface area contributed by atoms with Gasteiger partial charge in [-0.15, -0.1) is 0 Å². The first-order valence-corrected chi connectivity index (χ1v) is 6.91. The lowest BCUT2D eigenvalue weighted by Gasteiger charge is -2.33. The predicted molar refractivity (Wildman–Crippen MR) is 75.3 cm³/mol. The van der Waals surface area contributed by atoms with Gasteiger partial charge in [-0.1, -0.05) is 37.3 Å². The van der Waals surface area contributed by atoms with Crippen LogP contribution in [-0.2, 0) is 4.79 Å². The van der Waals surface area contributed by atoms with Crippen LogP contribution < -0.4 is 5.32 Å². The second kappa shape index (κ2) is 6.68. The maximum atomic E-state index is 11.5. The van der Waals surface area contributed by atoms with Crippen molar-refractivity contribution >= 4 is 5.97 Å². The summed E-state index contributed by atoms with van der Waals surface area (Å²) in [4.78, 5) is 13.6. The molecule has 1 aliphatic heterocycles. The highest BCUT2D eigenvalue weighted by molar-refractivity contribution is 5.73. The zero-order chi connectivity index (χ0) is 13.7. The number of benzene rings is 1. The van der Waals surface area contributed by atoms with Crippen molar-refractivity contribution < 1.29 is 9.90 Å². The largest absolute Gasteiger partial charge is 0.480 e. The van der Waals surface area contributed by atoms with Gasteiger partial charge in [0.05, 0.1) is 0 Å². The van der Waals surface area contributed by atoms with Crippen LogP contribution in [0.4, 0.5) is 0 Å². The molecule has 0 radical (unpaired) electrons. The van der Waals surface area contributed by atoms with Gasteiger partial charge in [-0.25, -0.2) is 0 Å². The maximum Gasteiger partial charge on any atom is 0.320 e. The topological polar surface area (TPSA) is 52.6 Å². The molecule has 1 aliphatic rings. The number of nitrogens with one attached hydrogen (secondary N) is 1. The van der Waals surface area contributed by atoms with Crippen molar-refractivity contribution in [3.63, 3.8) is 0 Å². The number of hydrogen-bond acceptors (Lipinski definition) is 3. The van der Waals surface area contributed by atoms with E-state index in [1.165, 1.54) is 5.56 Å². The van der Waals surface area contributed by atoms with Gasteiger partial charge in [0, 0.05) is 26.2 Å². The lowest BCUT2D eigenvalue weighted by molar-refractivity contribution is -0.144. The summed E-state index contributed by atoms with van der Waals surface area (Å²) in [6, 6.07) is 9.76. The average Bonchev–Trinajstić information content (AvgIpc) is 2.46. The number of carbonyl (C=O) groups is 1. The molecule has 2 N–H and O–H groups in total. The van der Waals surface area contributed by atoms with Crippen LogP contribution >= 0.6 is 0 Å². The number of carboxylic acids is 1. The summed E-state index contributed by atoms with van der Waals surface area (Å²) in [7, 11) is 0. The SMILES string of the molecule is CC(CC(C(=O)O)N1CCNCC1)c1ccccc1. The molecule has 4 nitrogen and oxygen atoms in total. The summed E-state index contributed by atoms with van der Waals surface area (Å²) in [5, 5.41) is 12.7. The molecular formula is C15H22N2O2. The first-order valence-electron chi connectivity index (χ1n) is 6.91. The number of carboxylic acid groups (broad SMARTS) is 1. The van der Waals surface area contributed by atoms with Crippen molar-refractivity contribution in [2.75, 3.05) is 26.2 Å². The van der Waals surface area contributed by atoms with Crippen LogP contribution in [0.3, 0.4) is 0 Å². The Morgan fingerprint density at radius 2 is 1.95 bits per heavy atom. The van der Waals surface area contributed by atoms with Gasteiger partial charge < -0.3 is 10.4 Å². The van der Waals surface area contributed by atoms with Crippen LogP contribution in [0.25, 0.3) is 0 Å². The van der Waals surface area contributed by atoms with Gasteiger partial charge in [-0.2, -0.15) is 0 Å². The molecule has 0 saturated carbocycles. The van der Waals surface area contributed by atoms with Crippen LogP contribution in [0.15, 0.2) is 30.3 Å². The first kappa shape index (κ1) is 14.0. The zero-order valence-corrected chi connectivity index (χ0v) is 11.4. The summed E-state index contributed by atoms with van der Waals surface area (Å²) >= 11 is 0. The van der Waals surface area contributed by atoms with E-state index >= 15 is 0 Å². The monoisotopic (exact) mass is 262 g/mol. The molecule has 1 fully saturated rings. The van der Waals surface area contributed by atoms with E-state index in [0.717, 1.165) is 26.2 Å². The average molecular weight is 262 g/mol. The van der Waals surface area contributed by atoms with E-state index in [1.54, 1.807) is 0 Å². The Morgan fingerprint density at radius 1 is 1.32 bits per heavy atom.